The molecule has 1 aromatic heterocycles. The molecule has 3 N–H and O–H groups in total. The number of nitrogens with one attached hydrogen (secondary N) is 1. The summed E-state index contributed by atoms with van der Waals surface area (Å²) in [5.74, 6) is -1.81. The number of cyclic esters (lactones) is 1. The third kappa shape index (κ3) is 3.78. The van der Waals surface area contributed by atoms with E-state index in [4.69, 9.17) is 10.5 Å². The third-order valence-electron chi connectivity index (χ3n) is 6.06. The molecule has 0 unspecified atom stereocenters. The minimum atomic E-state index is -0.853. The number of aryl methyl sites for hydroxylation is 1. The minimum Gasteiger partial charge on any atom is -0.463 e. The lowest BCUT2D eigenvalue weighted by Crippen LogP contribution is -2.33. The molecule has 8 heteroatoms. The van der Waals surface area contributed by atoms with Crippen LogP contribution in [-0.2, 0) is 22.4 Å². The molecule has 2 aromatic rings. The van der Waals surface area contributed by atoms with Crippen molar-refractivity contribution in [2.24, 2.45) is 11.1 Å². The molecule has 1 amide bonds. The van der Waals surface area contributed by atoms with Gasteiger partial charge in [0, 0.05) is 18.2 Å². The van der Waals surface area contributed by atoms with Gasteiger partial charge in [0.05, 0.1) is 28.7 Å². The Morgan fingerprint density at radius 1 is 1.37 bits per heavy atom. The smallest absolute Gasteiger partial charge is 0.305 e. The molecule has 0 bridgehead atoms. The van der Waals surface area contributed by atoms with E-state index in [1.54, 1.807) is 10.7 Å². The predicted molar refractivity (Wildman–Crippen MR) is 110 cm³/mol. The quantitative estimate of drug-likeness (QED) is 0.749. The van der Waals surface area contributed by atoms with Crippen molar-refractivity contribution in [3.63, 3.8) is 0 Å². The number of benzene rings is 1. The highest BCUT2D eigenvalue weighted by Gasteiger charge is 2.31. The Labute approximate surface area is 174 Å². The van der Waals surface area contributed by atoms with Gasteiger partial charge in [0.1, 0.15) is 12.4 Å². The van der Waals surface area contributed by atoms with Crippen LogP contribution >= 0.6 is 0 Å². The van der Waals surface area contributed by atoms with Gasteiger partial charge in [0.2, 0.25) is 0 Å². The number of ether oxygens (including phenoxy) is 1. The number of rotatable bonds is 4. The van der Waals surface area contributed by atoms with Gasteiger partial charge in [-0.15, -0.1) is 0 Å². The van der Waals surface area contributed by atoms with Crippen LogP contribution in [0.4, 0.5) is 10.1 Å². The van der Waals surface area contributed by atoms with Crippen LogP contribution in [0.2, 0.25) is 0 Å². The molecular formula is C22H27FN4O3. The zero-order valence-electron chi connectivity index (χ0n) is 17.5. The normalized spacial score (nSPS) is 20.4. The topological polar surface area (TPSA) is 99.2 Å². The van der Waals surface area contributed by atoms with Crippen molar-refractivity contribution >= 4 is 17.6 Å². The van der Waals surface area contributed by atoms with Gasteiger partial charge in [0.25, 0.3) is 5.91 Å². The molecule has 0 spiro atoms. The molecule has 2 heterocycles. The second-order valence-corrected chi connectivity index (χ2v) is 9.04. The SMILES string of the molecule is Cc1nn(-c2cc(F)c(C(N)=O)c(N[C@@H]3CCC(=O)OC3)c2)c2c1CCC(C)(C)C2. The Morgan fingerprint density at radius 2 is 2.13 bits per heavy atom. The monoisotopic (exact) mass is 414 g/mol. The highest BCUT2D eigenvalue weighted by molar-refractivity contribution is 5.99. The summed E-state index contributed by atoms with van der Waals surface area (Å²) in [4.78, 5) is 23.3. The molecule has 1 aliphatic heterocycles. The van der Waals surface area contributed by atoms with Crippen molar-refractivity contribution in [2.45, 2.75) is 58.9 Å². The fourth-order valence-electron chi connectivity index (χ4n) is 4.39. The number of primary amides is 1. The first kappa shape index (κ1) is 20.4. The summed E-state index contributed by atoms with van der Waals surface area (Å²) in [5, 5.41) is 7.82. The number of anilines is 1. The van der Waals surface area contributed by atoms with Crippen molar-refractivity contribution in [1.82, 2.24) is 9.78 Å². The third-order valence-corrected chi connectivity index (χ3v) is 6.06. The van der Waals surface area contributed by atoms with E-state index in [1.165, 1.54) is 11.6 Å². The van der Waals surface area contributed by atoms with Crippen molar-refractivity contribution in [3.8, 4) is 5.69 Å². The zero-order chi connectivity index (χ0) is 21.6. The second kappa shape index (κ2) is 7.41. The van der Waals surface area contributed by atoms with Crippen molar-refractivity contribution < 1.29 is 18.7 Å². The van der Waals surface area contributed by atoms with Crippen LogP contribution in [0.3, 0.4) is 0 Å². The van der Waals surface area contributed by atoms with E-state index in [1.807, 2.05) is 6.92 Å². The zero-order valence-corrected chi connectivity index (χ0v) is 17.5. The number of nitrogens with zero attached hydrogens (tertiary/aromatic N) is 2. The maximum Gasteiger partial charge on any atom is 0.305 e. The first-order valence-electron chi connectivity index (χ1n) is 10.3. The number of hydrogen-bond acceptors (Lipinski definition) is 5. The van der Waals surface area contributed by atoms with E-state index >= 15 is 0 Å². The van der Waals surface area contributed by atoms with Gasteiger partial charge < -0.3 is 15.8 Å². The summed E-state index contributed by atoms with van der Waals surface area (Å²) in [6.45, 7) is 6.57. The molecule has 7 nitrogen and oxygen atoms in total. The van der Waals surface area contributed by atoms with Crippen LogP contribution in [0.1, 0.15) is 60.4 Å². The molecule has 30 heavy (non-hydrogen) atoms. The number of hydrogen-bond donors (Lipinski definition) is 2. The lowest BCUT2D eigenvalue weighted by Gasteiger charge is -2.30. The van der Waals surface area contributed by atoms with Crippen LogP contribution in [0, 0.1) is 18.2 Å². The molecule has 0 saturated carbocycles. The fourth-order valence-corrected chi connectivity index (χ4v) is 4.39. The number of carbonyl (C=O) groups is 2. The molecule has 1 aliphatic carbocycles. The van der Waals surface area contributed by atoms with E-state index in [0.29, 0.717) is 12.1 Å². The van der Waals surface area contributed by atoms with Gasteiger partial charge >= 0.3 is 5.97 Å². The van der Waals surface area contributed by atoms with Crippen molar-refractivity contribution in [3.05, 3.63) is 40.5 Å². The first-order chi connectivity index (χ1) is 14.1. The summed E-state index contributed by atoms with van der Waals surface area (Å²) in [5.41, 5.74) is 9.44. The Bertz CT molecular complexity index is 1020. The Morgan fingerprint density at radius 3 is 2.80 bits per heavy atom. The highest BCUT2D eigenvalue weighted by atomic mass is 19.1. The molecule has 4 rings (SSSR count). The van der Waals surface area contributed by atoms with Gasteiger partial charge in [-0.2, -0.15) is 5.10 Å². The van der Waals surface area contributed by atoms with Crippen LogP contribution in [0.25, 0.3) is 5.69 Å². The Kier molecular flexibility index (Phi) is 5.03. The number of halogens is 1. The molecule has 160 valence electrons. The lowest BCUT2D eigenvalue weighted by atomic mass is 9.76. The van der Waals surface area contributed by atoms with Crippen LogP contribution in [0.5, 0.6) is 0 Å². The molecule has 1 atom stereocenters. The highest BCUT2D eigenvalue weighted by Crippen LogP contribution is 2.37. The Balaban J connectivity index is 1.76. The van der Waals surface area contributed by atoms with E-state index < -0.39 is 11.7 Å². The number of esters is 1. The predicted octanol–water partition coefficient (Wildman–Crippen LogP) is 3.05. The maximum absolute atomic E-state index is 15.0. The maximum atomic E-state index is 15.0. The lowest BCUT2D eigenvalue weighted by molar-refractivity contribution is -0.147. The van der Waals surface area contributed by atoms with E-state index in [9.17, 15) is 14.0 Å². The second-order valence-electron chi connectivity index (χ2n) is 9.04. The summed E-state index contributed by atoms with van der Waals surface area (Å²) in [6, 6.07) is 2.79. The van der Waals surface area contributed by atoms with Gasteiger partial charge in [-0.1, -0.05) is 13.8 Å². The summed E-state index contributed by atoms with van der Waals surface area (Å²) >= 11 is 0. The van der Waals surface area contributed by atoms with E-state index in [2.05, 4.69) is 24.3 Å². The standard InChI is InChI=1S/C22H27FN4O3/c1-12-15-6-7-22(2,3)10-18(15)27(26-12)14-8-16(23)20(21(24)29)17(9-14)25-13-4-5-19(28)30-11-13/h8-9,13,25H,4-7,10-11H2,1-3H3,(H2,24,29)/t13-/m1/s1. The van der Waals surface area contributed by atoms with Crippen LogP contribution < -0.4 is 11.1 Å². The minimum absolute atomic E-state index is 0.135. The number of nitrogens with two attached hydrogens (primary N) is 1. The van der Waals surface area contributed by atoms with Crippen molar-refractivity contribution in [2.75, 3.05) is 11.9 Å². The summed E-state index contributed by atoms with van der Waals surface area (Å²) in [7, 11) is 0. The molecular weight excluding hydrogens is 387 g/mol. The van der Waals surface area contributed by atoms with E-state index in [-0.39, 0.29) is 41.7 Å². The summed E-state index contributed by atoms with van der Waals surface area (Å²) < 4.78 is 21.9. The van der Waals surface area contributed by atoms with Gasteiger partial charge in [-0.05, 0) is 49.7 Å². The molecule has 1 aromatic carbocycles. The van der Waals surface area contributed by atoms with Crippen LogP contribution in [-0.4, -0.2) is 34.3 Å². The molecule has 1 saturated heterocycles. The van der Waals surface area contributed by atoms with Crippen molar-refractivity contribution in [1.29, 1.82) is 0 Å². The number of carbonyl (C=O) groups excluding carboxylic acids is 2. The van der Waals surface area contributed by atoms with Gasteiger partial charge in [-0.25, -0.2) is 9.07 Å². The molecule has 2 aliphatic rings. The molecule has 0 radical (unpaired) electrons. The number of aromatic nitrogens is 2. The number of amides is 1. The van der Waals surface area contributed by atoms with Gasteiger partial charge in [-0.3, -0.25) is 9.59 Å². The van der Waals surface area contributed by atoms with Gasteiger partial charge in [0.15, 0.2) is 0 Å². The Hall–Kier alpha value is -2.90. The summed E-state index contributed by atoms with van der Waals surface area (Å²) in [6.07, 6.45) is 3.66. The first-order valence-corrected chi connectivity index (χ1v) is 10.3. The van der Waals surface area contributed by atoms with E-state index in [0.717, 1.165) is 30.7 Å². The molecule has 1 fully saturated rings. The number of fused-ring (bicyclic) bond motifs is 1. The fraction of sp³-hybridized carbons (Fsp3) is 0.500. The largest absolute Gasteiger partial charge is 0.463 e. The average molecular weight is 414 g/mol. The van der Waals surface area contributed by atoms with Crippen LogP contribution in [0.15, 0.2) is 12.1 Å². The average Bonchev–Trinajstić information content (AvgIpc) is 2.97.